The molecule has 132 valence electrons. The first-order valence-corrected chi connectivity index (χ1v) is 9.14. The van der Waals surface area contributed by atoms with Crippen LogP contribution in [0.3, 0.4) is 0 Å². The van der Waals surface area contributed by atoms with Crippen molar-refractivity contribution < 1.29 is 0 Å². The largest absolute Gasteiger partial charge is 0.357 e. The fourth-order valence-electron chi connectivity index (χ4n) is 2.99. The van der Waals surface area contributed by atoms with Gasteiger partial charge in [0.1, 0.15) is 0 Å². The van der Waals surface area contributed by atoms with Gasteiger partial charge in [0.25, 0.3) is 0 Å². The Morgan fingerprint density at radius 1 is 1.29 bits per heavy atom. The summed E-state index contributed by atoms with van der Waals surface area (Å²) >= 11 is 0. The van der Waals surface area contributed by atoms with E-state index < -0.39 is 0 Å². The Morgan fingerprint density at radius 2 is 2.04 bits per heavy atom. The highest BCUT2D eigenvalue weighted by molar-refractivity contribution is 5.79. The maximum atomic E-state index is 4.65. The summed E-state index contributed by atoms with van der Waals surface area (Å²) in [5.74, 6) is 1.72. The van der Waals surface area contributed by atoms with Gasteiger partial charge >= 0.3 is 0 Å². The van der Waals surface area contributed by atoms with Crippen LogP contribution in [-0.2, 0) is 13.1 Å². The second-order valence-electron chi connectivity index (χ2n) is 6.64. The molecule has 0 aliphatic carbocycles. The van der Waals surface area contributed by atoms with Gasteiger partial charge < -0.3 is 10.6 Å². The zero-order valence-electron chi connectivity index (χ0n) is 15.2. The van der Waals surface area contributed by atoms with Gasteiger partial charge in [0.2, 0.25) is 0 Å². The van der Waals surface area contributed by atoms with E-state index in [1.54, 1.807) is 0 Å². The summed E-state index contributed by atoms with van der Waals surface area (Å²) in [4.78, 5) is 7.22. The van der Waals surface area contributed by atoms with Crippen LogP contribution in [0.15, 0.2) is 41.9 Å². The van der Waals surface area contributed by atoms with E-state index in [-0.39, 0.29) is 0 Å². The first-order chi connectivity index (χ1) is 11.7. The van der Waals surface area contributed by atoms with E-state index in [2.05, 4.69) is 65.2 Å². The molecule has 4 nitrogen and oxygen atoms in total. The molecular formula is C20H32N4. The molecule has 0 spiro atoms. The quantitative estimate of drug-likeness (QED) is 0.459. The molecular weight excluding hydrogens is 296 g/mol. The van der Waals surface area contributed by atoms with E-state index in [0.717, 1.165) is 31.5 Å². The van der Waals surface area contributed by atoms with Gasteiger partial charge in [0, 0.05) is 19.6 Å². The highest BCUT2D eigenvalue weighted by Gasteiger charge is 2.15. The highest BCUT2D eigenvalue weighted by atomic mass is 15.2. The molecule has 0 radical (unpaired) electrons. The number of guanidine groups is 1. The first kappa shape index (κ1) is 18.5. The maximum Gasteiger partial charge on any atom is 0.191 e. The molecule has 1 heterocycles. The minimum absolute atomic E-state index is 0.692. The second kappa shape index (κ2) is 10.1. The van der Waals surface area contributed by atoms with E-state index in [0.29, 0.717) is 6.54 Å². The number of hydrogen-bond acceptors (Lipinski definition) is 2. The summed E-state index contributed by atoms with van der Waals surface area (Å²) in [5, 5.41) is 6.49. The van der Waals surface area contributed by atoms with Crippen LogP contribution in [0.4, 0.5) is 0 Å². The van der Waals surface area contributed by atoms with Crippen LogP contribution >= 0.6 is 0 Å². The number of rotatable bonds is 7. The molecule has 1 saturated heterocycles. The zero-order chi connectivity index (χ0) is 17.2. The summed E-state index contributed by atoms with van der Waals surface area (Å²) in [6.45, 7) is 13.9. The van der Waals surface area contributed by atoms with E-state index in [9.17, 15) is 0 Å². The second-order valence-corrected chi connectivity index (χ2v) is 6.64. The normalized spacial score (nSPS) is 16.8. The van der Waals surface area contributed by atoms with Crippen LogP contribution in [0.5, 0.6) is 0 Å². The van der Waals surface area contributed by atoms with Crippen molar-refractivity contribution in [2.24, 2.45) is 10.9 Å². The third-order valence-electron chi connectivity index (χ3n) is 4.45. The Morgan fingerprint density at radius 3 is 2.75 bits per heavy atom. The predicted molar refractivity (Wildman–Crippen MR) is 103 cm³/mol. The Balaban J connectivity index is 1.92. The van der Waals surface area contributed by atoms with Gasteiger partial charge in [0.05, 0.1) is 6.54 Å². The Hall–Kier alpha value is -1.81. The summed E-state index contributed by atoms with van der Waals surface area (Å²) < 4.78 is 0. The molecule has 2 N–H and O–H groups in total. The van der Waals surface area contributed by atoms with Crippen LogP contribution in [0.1, 0.15) is 37.8 Å². The van der Waals surface area contributed by atoms with Crippen molar-refractivity contribution in [1.29, 1.82) is 0 Å². The molecule has 1 aliphatic rings. The molecule has 0 unspecified atom stereocenters. The van der Waals surface area contributed by atoms with E-state index in [4.69, 9.17) is 0 Å². The zero-order valence-corrected chi connectivity index (χ0v) is 15.2. The van der Waals surface area contributed by atoms with Crippen molar-refractivity contribution in [3.63, 3.8) is 0 Å². The summed E-state index contributed by atoms with van der Waals surface area (Å²) in [7, 11) is 0. The molecule has 0 bridgehead atoms. The van der Waals surface area contributed by atoms with Crippen molar-refractivity contribution in [2.75, 3.05) is 26.2 Å². The van der Waals surface area contributed by atoms with Gasteiger partial charge in [-0.25, -0.2) is 4.99 Å². The molecule has 1 aromatic rings. The van der Waals surface area contributed by atoms with E-state index in [1.807, 2.05) is 6.08 Å². The van der Waals surface area contributed by atoms with Gasteiger partial charge in [-0.1, -0.05) is 37.3 Å². The molecule has 0 saturated carbocycles. The van der Waals surface area contributed by atoms with E-state index in [1.165, 1.54) is 37.1 Å². The van der Waals surface area contributed by atoms with Gasteiger partial charge in [-0.15, -0.1) is 6.58 Å². The average molecular weight is 329 g/mol. The van der Waals surface area contributed by atoms with Crippen molar-refractivity contribution in [3.8, 4) is 0 Å². The molecule has 0 aromatic heterocycles. The smallest absolute Gasteiger partial charge is 0.191 e. The Labute approximate surface area is 147 Å². The van der Waals surface area contributed by atoms with Gasteiger partial charge in [-0.2, -0.15) is 0 Å². The average Bonchev–Trinajstić information content (AvgIpc) is 2.60. The molecule has 4 heteroatoms. The molecule has 2 rings (SSSR count). The van der Waals surface area contributed by atoms with Crippen molar-refractivity contribution in [1.82, 2.24) is 15.5 Å². The molecule has 0 amide bonds. The number of benzene rings is 1. The van der Waals surface area contributed by atoms with Crippen LogP contribution in [0.2, 0.25) is 0 Å². The summed E-state index contributed by atoms with van der Waals surface area (Å²) in [6.07, 6.45) is 4.49. The Kier molecular flexibility index (Phi) is 7.83. The van der Waals surface area contributed by atoms with E-state index >= 15 is 0 Å². The van der Waals surface area contributed by atoms with Crippen LogP contribution in [0.25, 0.3) is 0 Å². The summed E-state index contributed by atoms with van der Waals surface area (Å²) in [5.41, 5.74) is 2.65. The lowest BCUT2D eigenvalue weighted by atomic mass is 9.98. The lowest BCUT2D eigenvalue weighted by Gasteiger charge is -2.30. The first-order valence-electron chi connectivity index (χ1n) is 9.14. The number of nitrogens with zero attached hydrogens (tertiary/aromatic N) is 2. The van der Waals surface area contributed by atoms with Crippen LogP contribution in [-0.4, -0.2) is 37.0 Å². The number of aliphatic imine (C=N–C) groups is 1. The van der Waals surface area contributed by atoms with Gasteiger partial charge in [-0.3, -0.25) is 4.90 Å². The van der Waals surface area contributed by atoms with Gasteiger partial charge in [0.15, 0.2) is 5.96 Å². The third-order valence-corrected chi connectivity index (χ3v) is 4.45. The predicted octanol–water partition coefficient (Wildman–Crippen LogP) is 3.16. The standard InChI is InChI=1S/C20H32N4/c1-4-11-22-20(21-5-2)23-15-18-7-6-8-19(14-18)16-24-12-9-17(3)10-13-24/h4,6-8,14,17H,1,5,9-13,15-16H2,2-3H3,(H2,21,22,23). The van der Waals surface area contributed by atoms with Crippen molar-refractivity contribution in [2.45, 2.75) is 39.8 Å². The lowest BCUT2D eigenvalue weighted by molar-refractivity contribution is 0.185. The fraction of sp³-hybridized carbons (Fsp3) is 0.550. The molecule has 1 fully saturated rings. The van der Waals surface area contributed by atoms with Crippen molar-refractivity contribution >= 4 is 5.96 Å². The molecule has 1 aromatic carbocycles. The number of likely N-dealkylation sites (tertiary alicyclic amines) is 1. The number of nitrogens with one attached hydrogen (secondary N) is 2. The number of hydrogen-bond donors (Lipinski definition) is 2. The minimum atomic E-state index is 0.692. The fourth-order valence-corrected chi connectivity index (χ4v) is 2.99. The Bertz CT molecular complexity index is 530. The topological polar surface area (TPSA) is 39.7 Å². The summed E-state index contributed by atoms with van der Waals surface area (Å²) in [6, 6.07) is 8.82. The van der Waals surface area contributed by atoms with Crippen molar-refractivity contribution in [3.05, 3.63) is 48.0 Å². The number of piperidine rings is 1. The van der Waals surface area contributed by atoms with Crippen LogP contribution in [0, 0.1) is 5.92 Å². The molecule has 1 aliphatic heterocycles. The molecule has 0 atom stereocenters. The SMILES string of the molecule is C=CCNC(=NCc1cccc(CN2CCC(C)CC2)c1)NCC. The van der Waals surface area contributed by atoms with Gasteiger partial charge in [-0.05, 0) is 49.9 Å². The molecule has 24 heavy (non-hydrogen) atoms. The highest BCUT2D eigenvalue weighted by Crippen LogP contribution is 2.18. The van der Waals surface area contributed by atoms with Crippen LogP contribution < -0.4 is 10.6 Å². The maximum absolute atomic E-state index is 4.65. The lowest BCUT2D eigenvalue weighted by Crippen LogP contribution is -2.37. The monoisotopic (exact) mass is 328 g/mol. The third kappa shape index (κ3) is 6.36. The minimum Gasteiger partial charge on any atom is -0.357 e.